The van der Waals surface area contributed by atoms with Crippen LogP contribution in [0.15, 0.2) is 64.0 Å². The summed E-state index contributed by atoms with van der Waals surface area (Å²) in [5, 5.41) is 6.15. The highest BCUT2D eigenvalue weighted by molar-refractivity contribution is 7.07. The number of rotatable bonds is 6. The van der Waals surface area contributed by atoms with Crippen molar-refractivity contribution < 1.29 is 22.3 Å². The lowest BCUT2D eigenvalue weighted by Crippen LogP contribution is -2.14. The van der Waals surface area contributed by atoms with E-state index in [0.717, 1.165) is 12.1 Å². The zero-order valence-corrected chi connectivity index (χ0v) is 16.2. The topological polar surface area (TPSA) is 38.9 Å². The number of benzene rings is 2. The number of alkyl halides is 3. The Bertz CT molecular complexity index is 1050. The summed E-state index contributed by atoms with van der Waals surface area (Å²) in [6, 6.07) is 10.8. The lowest BCUT2D eigenvalue weighted by molar-refractivity contribution is -0.137. The second-order valence-electron chi connectivity index (χ2n) is 5.96. The van der Waals surface area contributed by atoms with Crippen molar-refractivity contribution in [3.63, 3.8) is 0 Å². The molecule has 1 aromatic heterocycles. The Balaban J connectivity index is 2.02. The number of thiazole rings is 1. The van der Waals surface area contributed by atoms with Gasteiger partial charge in [0.05, 0.1) is 30.6 Å². The maximum absolute atomic E-state index is 13.3. The molecule has 4 nitrogen and oxygen atoms in total. The third kappa shape index (κ3) is 5.39. The molecule has 2 aromatic carbocycles. The minimum Gasteiger partial charge on any atom is -0.383 e. The quantitative estimate of drug-likeness (QED) is 0.319. The number of halogens is 4. The van der Waals surface area contributed by atoms with Gasteiger partial charge in [0.25, 0.3) is 0 Å². The van der Waals surface area contributed by atoms with Crippen molar-refractivity contribution in [2.24, 2.45) is 10.1 Å². The first-order chi connectivity index (χ1) is 13.9. The van der Waals surface area contributed by atoms with Crippen LogP contribution in [-0.2, 0) is 10.9 Å². The van der Waals surface area contributed by atoms with E-state index >= 15 is 0 Å². The van der Waals surface area contributed by atoms with Gasteiger partial charge in [-0.15, -0.1) is 11.3 Å². The van der Waals surface area contributed by atoms with Gasteiger partial charge in [-0.05, 0) is 42.0 Å². The zero-order valence-electron chi connectivity index (χ0n) is 15.4. The van der Waals surface area contributed by atoms with Crippen molar-refractivity contribution in [3.8, 4) is 11.3 Å². The number of hydrogen-bond donors (Lipinski definition) is 0. The minimum atomic E-state index is -4.43. The molecule has 3 rings (SSSR count). The zero-order chi connectivity index (χ0) is 20.9. The van der Waals surface area contributed by atoms with Crippen LogP contribution in [0.3, 0.4) is 0 Å². The van der Waals surface area contributed by atoms with Crippen LogP contribution in [0.25, 0.3) is 11.3 Å². The summed E-state index contributed by atoms with van der Waals surface area (Å²) in [7, 11) is 1.56. The average Bonchev–Trinajstić information content (AvgIpc) is 3.09. The predicted octanol–water partition coefficient (Wildman–Crippen LogP) is 4.80. The first-order valence-electron chi connectivity index (χ1n) is 8.56. The predicted molar refractivity (Wildman–Crippen MR) is 104 cm³/mol. The molecule has 0 amide bonds. The smallest absolute Gasteiger partial charge is 0.383 e. The van der Waals surface area contributed by atoms with E-state index in [2.05, 4.69) is 10.1 Å². The van der Waals surface area contributed by atoms with Gasteiger partial charge < -0.3 is 4.74 Å². The summed E-state index contributed by atoms with van der Waals surface area (Å²) in [4.78, 5) is 4.96. The van der Waals surface area contributed by atoms with Gasteiger partial charge in [-0.3, -0.25) is 4.99 Å². The Morgan fingerprint density at radius 3 is 2.59 bits per heavy atom. The van der Waals surface area contributed by atoms with E-state index in [9.17, 15) is 17.6 Å². The van der Waals surface area contributed by atoms with Gasteiger partial charge in [0.2, 0.25) is 4.80 Å². The summed E-state index contributed by atoms with van der Waals surface area (Å²) in [5.74, 6) is -0.368. The van der Waals surface area contributed by atoms with Crippen LogP contribution in [0, 0.1) is 5.82 Å². The van der Waals surface area contributed by atoms with E-state index in [1.807, 2.05) is 5.38 Å². The van der Waals surface area contributed by atoms with Gasteiger partial charge in [0.15, 0.2) is 0 Å². The highest BCUT2D eigenvalue weighted by Crippen LogP contribution is 2.29. The summed E-state index contributed by atoms with van der Waals surface area (Å²) < 4.78 is 58.6. The Morgan fingerprint density at radius 2 is 1.90 bits per heavy atom. The highest BCUT2D eigenvalue weighted by atomic mass is 32.1. The molecule has 0 aliphatic carbocycles. The lowest BCUT2D eigenvalue weighted by Gasteiger charge is -2.07. The standard InChI is InChI=1S/C20H17F4N3OS/c1-28-10-9-25-19-27(18(13-29-19)15-5-7-17(21)8-6-15)26-12-14-3-2-4-16(11-14)20(22,23)24/h2-8,11-13H,9-10H2,1H3. The van der Waals surface area contributed by atoms with Gasteiger partial charge in [-0.2, -0.15) is 18.3 Å². The van der Waals surface area contributed by atoms with Crippen LogP contribution < -0.4 is 4.80 Å². The molecular weight excluding hydrogens is 406 g/mol. The molecule has 0 N–H and O–H groups in total. The van der Waals surface area contributed by atoms with Crippen molar-refractivity contribution in [1.29, 1.82) is 0 Å². The third-order valence-corrected chi connectivity index (χ3v) is 4.76. The molecule has 29 heavy (non-hydrogen) atoms. The first kappa shape index (κ1) is 20.9. The van der Waals surface area contributed by atoms with Gasteiger partial charge in [0, 0.05) is 18.1 Å². The lowest BCUT2D eigenvalue weighted by atomic mass is 10.1. The molecule has 0 saturated carbocycles. The largest absolute Gasteiger partial charge is 0.416 e. The molecule has 0 bridgehead atoms. The van der Waals surface area contributed by atoms with Crippen LogP contribution in [0.2, 0.25) is 0 Å². The van der Waals surface area contributed by atoms with Crippen LogP contribution in [0.4, 0.5) is 17.6 Å². The number of aromatic nitrogens is 1. The Labute approximate surface area is 168 Å². The number of ether oxygens (including phenoxy) is 1. The maximum atomic E-state index is 13.3. The van der Waals surface area contributed by atoms with Crippen molar-refractivity contribution in [1.82, 2.24) is 4.68 Å². The molecule has 0 unspecified atom stereocenters. The molecule has 0 atom stereocenters. The minimum absolute atomic E-state index is 0.298. The normalized spacial score (nSPS) is 12.8. The molecule has 0 saturated heterocycles. The van der Waals surface area contributed by atoms with Crippen LogP contribution in [-0.4, -0.2) is 31.2 Å². The van der Waals surface area contributed by atoms with Gasteiger partial charge in [0.1, 0.15) is 5.82 Å². The number of nitrogens with zero attached hydrogens (tertiary/aromatic N) is 3. The fourth-order valence-electron chi connectivity index (χ4n) is 2.49. The molecular formula is C20H17F4N3OS. The van der Waals surface area contributed by atoms with Crippen molar-refractivity contribution in [2.75, 3.05) is 20.3 Å². The number of methoxy groups -OCH3 is 1. The van der Waals surface area contributed by atoms with Gasteiger partial charge in [-0.25, -0.2) is 9.07 Å². The van der Waals surface area contributed by atoms with Crippen molar-refractivity contribution in [2.45, 2.75) is 6.18 Å². The molecule has 0 fully saturated rings. The van der Waals surface area contributed by atoms with E-state index < -0.39 is 11.7 Å². The molecule has 0 aliphatic heterocycles. The van der Waals surface area contributed by atoms with E-state index in [-0.39, 0.29) is 5.82 Å². The van der Waals surface area contributed by atoms with E-state index in [0.29, 0.717) is 34.8 Å². The van der Waals surface area contributed by atoms with Gasteiger partial charge >= 0.3 is 6.18 Å². The molecule has 0 aliphatic rings. The van der Waals surface area contributed by atoms with Crippen LogP contribution in [0.5, 0.6) is 0 Å². The number of hydrogen-bond acceptors (Lipinski definition) is 4. The maximum Gasteiger partial charge on any atom is 0.416 e. The van der Waals surface area contributed by atoms with E-state index in [1.54, 1.807) is 19.2 Å². The van der Waals surface area contributed by atoms with Gasteiger partial charge in [-0.1, -0.05) is 12.1 Å². The monoisotopic (exact) mass is 423 g/mol. The summed E-state index contributed by atoms with van der Waals surface area (Å²) in [5.41, 5.74) is 0.901. The SMILES string of the molecule is COCCN=c1scc(-c2ccc(F)cc2)n1N=Cc1cccc(C(F)(F)F)c1. The van der Waals surface area contributed by atoms with E-state index in [1.165, 1.54) is 46.5 Å². The second-order valence-corrected chi connectivity index (χ2v) is 6.80. The first-order valence-corrected chi connectivity index (χ1v) is 9.44. The Kier molecular flexibility index (Phi) is 6.60. The summed E-state index contributed by atoms with van der Waals surface area (Å²) in [6.07, 6.45) is -3.09. The molecule has 1 heterocycles. The second kappa shape index (κ2) is 9.15. The molecule has 152 valence electrons. The highest BCUT2D eigenvalue weighted by Gasteiger charge is 2.30. The fourth-order valence-corrected chi connectivity index (χ4v) is 3.35. The van der Waals surface area contributed by atoms with Crippen molar-refractivity contribution >= 4 is 17.6 Å². The third-order valence-electron chi connectivity index (χ3n) is 3.90. The molecule has 0 radical (unpaired) electrons. The Hall–Kier alpha value is -2.78. The summed E-state index contributed by atoms with van der Waals surface area (Å²) in [6.45, 7) is 0.820. The van der Waals surface area contributed by atoms with Crippen LogP contribution >= 0.6 is 11.3 Å². The Morgan fingerprint density at radius 1 is 1.14 bits per heavy atom. The van der Waals surface area contributed by atoms with Crippen LogP contribution in [0.1, 0.15) is 11.1 Å². The van der Waals surface area contributed by atoms with E-state index in [4.69, 9.17) is 4.74 Å². The molecule has 9 heteroatoms. The average molecular weight is 423 g/mol. The summed E-state index contributed by atoms with van der Waals surface area (Å²) >= 11 is 1.32. The van der Waals surface area contributed by atoms with Crippen molar-refractivity contribution in [3.05, 3.63) is 75.7 Å². The fraction of sp³-hybridized carbons (Fsp3) is 0.200. The molecule has 0 spiro atoms. The molecule has 3 aromatic rings.